The summed E-state index contributed by atoms with van der Waals surface area (Å²) in [6, 6.07) is 5.66. The first-order valence-corrected chi connectivity index (χ1v) is 8.65. The number of hydrogen-bond donors (Lipinski definition) is 1. The first kappa shape index (κ1) is 15.8. The molecule has 1 aliphatic heterocycles. The van der Waals surface area contributed by atoms with Gasteiger partial charge in [-0.15, -0.1) is 0 Å². The molecule has 1 aromatic rings. The van der Waals surface area contributed by atoms with E-state index in [4.69, 9.17) is 0 Å². The predicted octanol–water partition coefficient (Wildman–Crippen LogP) is 1.20. The van der Waals surface area contributed by atoms with Crippen molar-refractivity contribution in [1.29, 1.82) is 0 Å². The summed E-state index contributed by atoms with van der Waals surface area (Å²) in [7, 11) is -1.41. The van der Waals surface area contributed by atoms with Crippen molar-refractivity contribution < 1.29 is 17.6 Å². The molecule has 116 valence electrons. The molecular weight excluding hydrogens is 295 g/mol. The highest BCUT2D eigenvalue weighted by Gasteiger charge is 2.32. The highest BCUT2D eigenvalue weighted by molar-refractivity contribution is 7.91. The third-order valence-electron chi connectivity index (χ3n) is 3.66. The van der Waals surface area contributed by atoms with Crippen molar-refractivity contribution in [2.75, 3.05) is 25.1 Å². The standard InChI is InChI=1S/C14H19FN2O3S/c1-17(13-6-8-21(19,20)10-13)14(18)16-7-5-11-3-2-4-12(15)9-11/h2-4,9,13H,5-8,10H2,1H3,(H,16,18)/t13-/m1/s1. The minimum absolute atomic E-state index is 0.0286. The SMILES string of the molecule is CN(C(=O)NCCc1cccc(F)c1)[C@@H]1CCS(=O)(=O)C1. The van der Waals surface area contributed by atoms with Gasteiger partial charge in [-0.1, -0.05) is 12.1 Å². The van der Waals surface area contributed by atoms with Crippen LogP contribution in [0.3, 0.4) is 0 Å². The van der Waals surface area contributed by atoms with E-state index in [1.165, 1.54) is 17.0 Å². The molecule has 5 nitrogen and oxygen atoms in total. The van der Waals surface area contributed by atoms with Crippen LogP contribution in [0.5, 0.6) is 0 Å². The van der Waals surface area contributed by atoms with Crippen molar-refractivity contribution in [3.05, 3.63) is 35.6 Å². The quantitative estimate of drug-likeness (QED) is 0.908. The molecule has 0 unspecified atom stereocenters. The van der Waals surface area contributed by atoms with Crippen LogP contribution in [0.1, 0.15) is 12.0 Å². The molecule has 21 heavy (non-hydrogen) atoms. The Hall–Kier alpha value is -1.63. The summed E-state index contributed by atoms with van der Waals surface area (Å²) in [6.07, 6.45) is 1.01. The van der Waals surface area contributed by atoms with Gasteiger partial charge in [-0.05, 0) is 30.5 Å². The lowest BCUT2D eigenvalue weighted by molar-refractivity contribution is 0.195. The molecule has 1 saturated heterocycles. The largest absolute Gasteiger partial charge is 0.338 e. The van der Waals surface area contributed by atoms with Crippen LogP contribution in [-0.2, 0) is 16.3 Å². The number of nitrogens with zero attached hydrogens (tertiary/aromatic N) is 1. The van der Waals surface area contributed by atoms with Crippen LogP contribution in [0.2, 0.25) is 0 Å². The van der Waals surface area contributed by atoms with Gasteiger partial charge in [0, 0.05) is 19.6 Å². The van der Waals surface area contributed by atoms with E-state index in [0.717, 1.165) is 5.56 Å². The normalized spacial score (nSPS) is 20.2. The monoisotopic (exact) mass is 314 g/mol. The number of amides is 2. The number of carbonyl (C=O) groups excluding carboxylic acids is 1. The minimum Gasteiger partial charge on any atom is -0.338 e. The molecular formula is C14H19FN2O3S. The van der Waals surface area contributed by atoms with Gasteiger partial charge in [-0.25, -0.2) is 17.6 Å². The van der Waals surface area contributed by atoms with Gasteiger partial charge in [0.1, 0.15) is 5.82 Å². The first-order valence-electron chi connectivity index (χ1n) is 6.83. The van der Waals surface area contributed by atoms with Gasteiger partial charge in [-0.3, -0.25) is 0 Å². The molecule has 1 N–H and O–H groups in total. The van der Waals surface area contributed by atoms with E-state index in [-0.39, 0.29) is 29.4 Å². The van der Waals surface area contributed by atoms with E-state index in [9.17, 15) is 17.6 Å². The highest BCUT2D eigenvalue weighted by atomic mass is 32.2. The van der Waals surface area contributed by atoms with E-state index in [1.807, 2.05) is 0 Å². The van der Waals surface area contributed by atoms with Crippen LogP contribution < -0.4 is 5.32 Å². The van der Waals surface area contributed by atoms with Crippen molar-refractivity contribution in [3.63, 3.8) is 0 Å². The number of rotatable bonds is 4. The average molecular weight is 314 g/mol. The van der Waals surface area contributed by atoms with Crippen molar-refractivity contribution in [1.82, 2.24) is 10.2 Å². The zero-order chi connectivity index (χ0) is 15.5. The molecule has 0 spiro atoms. The van der Waals surface area contributed by atoms with Crippen LogP contribution in [0, 0.1) is 5.82 Å². The molecule has 0 aromatic heterocycles. The van der Waals surface area contributed by atoms with E-state index in [2.05, 4.69) is 5.32 Å². The summed E-state index contributed by atoms with van der Waals surface area (Å²) >= 11 is 0. The Morgan fingerprint density at radius 3 is 2.86 bits per heavy atom. The molecule has 1 heterocycles. The Bertz CT molecular complexity index is 618. The lowest BCUT2D eigenvalue weighted by Crippen LogP contribution is -2.44. The maximum Gasteiger partial charge on any atom is 0.317 e. The molecule has 0 saturated carbocycles. The highest BCUT2D eigenvalue weighted by Crippen LogP contribution is 2.16. The summed E-state index contributed by atoms with van der Waals surface area (Å²) in [6.45, 7) is 0.381. The van der Waals surface area contributed by atoms with E-state index in [0.29, 0.717) is 19.4 Å². The Morgan fingerprint density at radius 2 is 2.24 bits per heavy atom. The smallest absolute Gasteiger partial charge is 0.317 e. The predicted molar refractivity (Wildman–Crippen MR) is 78.3 cm³/mol. The lowest BCUT2D eigenvalue weighted by atomic mass is 10.1. The number of carbonyl (C=O) groups is 1. The molecule has 0 bridgehead atoms. The number of hydrogen-bond acceptors (Lipinski definition) is 3. The molecule has 0 aliphatic carbocycles. The number of halogens is 1. The van der Waals surface area contributed by atoms with Crippen molar-refractivity contribution in [2.45, 2.75) is 18.9 Å². The summed E-state index contributed by atoms with van der Waals surface area (Å²) in [4.78, 5) is 13.4. The number of nitrogens with one attached hydrogen (secondary N) is 1. The van der Waals surface area contributed by atoms with Gasteiger partial charge >= 0.3 is 6.03 Å². The summed E-state index contributed by atoms with van der Waals surface area (Å²) in [5.41, 5.74) is 0.807. The van der Waals surface area contributed by atoms with Crippen molar-refractivity contribution in [3.8, 4) is 0 Å². The first-order chi connectivity index (χ1) is 9.87. The third kappa shape index (κ3) is 4.42. The summed E-state index contributed by atoms with van der Waals surface area (Å²) < 4.78 is 35.8. The maximum atomic E-state index is 13.0. The zero-order valence-corrected chi connectivity index (χ0v) is 12.7. The van der Waals surface area contributed by atoms with E-state index < -0.39 is 9.84 Å². The van der Waals surface area contributed by atoms with Gasteiger partial charge in [0.25, 0.3) is 0 Å². The number of benzene rings is 1. The zero-order valence-electron chi connectivity index (χ0n) is 11.9. The second kappa shape index (κ2) is 6.43. The number of urea groups is 1. The fourth-order valence-electron chi connectivity index (χ4n) is 2.38. The van der Waals surface area contributed by atoms with Crippen LogP contribution in [0.15, 0.2) is 24.3 Å². The van der Waals surface area contributed by atoms with Gasteiger partial charge in [0.2, 0.25) is 0 Å². The van der Waals surface area contributed by atoms with E-state index >= 15 is 0 Å². The van der Waals surface area contributed by atoms with Gasteiger partial charge in [0.05, 0.1) is 11.5 Å². The Kier molecular flexibility index (Phi) is 4.82. The van der Waals surface area contributed by atoms with Gasteiger partial charge in [0.15, 0.2) is 9.84 Å². The average Bonchev–Trinajstić information content (AvgIpc) is 2.78. The molecule has 7 heteroatoms. The molecule has 1 fully saturated rings. The molecule has 1 aliphatic rings. The fraction of sp³-hybridized carbons (Fsp3) is 0.500. The molecule has 0 radical (unpaired) electrons. The van der Waals surface area contributed by atoms with E-state index in [1.54, 1.807) is 19.2 Å². The molecule has 1 aromatic carbocycles. The summed E-state index contributed by atoms with van der Waals surface area (Å²) in [5, 5.41) is 2.72. The van der Waals surface area contributed by atoms with Gasteiger partial charge < -0.3 is 10.2 Å². The minimum atomic E-state index is -3.01. The molecule has 2 amide bonds. The Labute approximate surface area is 124 Å². The van der Waals surface area contributed by atoms with Crippen molar-refractivity contribution >= 4 is 15.9 Å². The van der Waals surface area contributed by atoms with Crippen LogP contribution >= 0.6 is 0 Å². The molecule has 2 rings (SSSR count). The Balaban J connectivity index is 1.79. The van der Waals surface area contributed by atoms with Crippen molar-refractivity contribution in [2.24, 2.45) is 0 Å². The van der Waals surface area contributed by atoms with Crippen LogP contribution in [-0.4, -0.2) is 50.5 Å². The third-order valence-corrected chi connectivity index (χ3v) is 5.41. The van der Waals surface area contributed by atoms with Gasteiger partial charge in [-0.2, -0.15) is 0 Å². The maximum absolute atomic E-state index is 13.0. The second-order valence-corrected chi connectivity index (χ2v) is 7.51. The number of sulfone groups is 1. The summed E-state index contributed by atoms with van der Waals surface area (Å²) in [5.74, 6) is -0.133. The van der Waals surface area contributed by atoms with Crippen LogP contribution in [0.4, 0.5) is 9.18 Å². The Morgan fingerprint density at radius 1 is 1.48 bits per heavy atom. The second-order valence-electron chi connectivity index (χ2n) is 5.28. The lowest BCUT2D eigenvalue weighted by Gasteiger charge is -2.23. The topological polar surface area (TPSA) is 66.5 Å². The van der Waals surface area contributed by atoms with Crippen LogP contribution in [0.25, 0.3) is 0 Å². The molecule has 1 atom stereocenters. The fourth-order valence-corrected chi connectivity index (χ4v) is 4.15.